The first-order valence-corrected chi connectivity index (χ1v) is 8.90. The lowest BCUT2D eigenvalue weighted by molar-refractivity contribution is -0.132. The molecule has 1 aliphatic heterocycles. The quantitative estimate of drug-likeness (QED) is 0.790. The summed E-state index contributed by atoms with van der Waals surface area (Å²) in [5, 5.41) is 0. The molecule has 0 N–H and O–H groups in total. The number of halogens is 2. The van der Waals surface area contributed by atoms with Crippen molar-refractivity contribution < 1.29 is 18.3 Å². The molecule has 7 heteroatoms. The second-order valence-corrected chi connectivity index (χ2v) is 6.44. The van der Waals surface area contributed by atoms with Gasteiger partial charge in [-0.1, -0.05) is 19.1 Å². The summed E-state index contributed by atoms with van der Waals surface area (Å²) in [5.74, 6) is 1.11. The Bertz CT molecular complexity index is 748. The summed E-state index contributed by atoms with van der Waals surface area (Å²) in [4.78, 5) is 18.9. The second kappa shape index (κ2) is 8.29. The van der Waals surface area contributed by atoms with Crippen molar-refractivity contribution in [2.24, 2.45) is 0 Å². The number of hydrogen-bond acceptors (Lipinski definition) is 3. The van der Waals surface area contributed by atoms with Crippen LogP contribution in [0, 0.1) is 0 Å². The average Bonchev–Trinajstić information content (AvgIpc) is 3.10. The van der Waals surface area contributed by atoms with Crippen LogP contribution >= 0.6 is 0 Å². The summed E-state index contributed by atoms with van der Waals surface area (Å²) >= 11 is 0. The Morgan fingerprint density at radius 1 is 1.42 bits per heavy atom. The first kappa shape index (κ1) is 18.4. The Morgan fingerprint density at radius 2 is 2.27 bits per heavy atom. The third-order valence-electron chi connectivity index (χ3n) is 4.69. The minimum absolute atomic E-state index is 0.00191. The van der Waals surface area contributed by atoms with E-state index in [0.717, 1.165) is 31.6 Å². The molecule has 0 bridgehead atoms. The minimum atomic E-state index is -2.87. The predicted molar refractivity (Wildman–Crippen MR) is 93.2 cm³/mol. The number of hydrogen-bond donors (Lipinski definition) is 0. The van der Waals surface area contributed by atoms with Crippen LogP contribution in [0.1, 0.15) is 37.2 Å². The van der Waals surface area contributed by atoms with Gasteiger partial charge in [0.15, 0.2) is 0 Å². The van der Waals surface area contributed by atoms with Crippen molar-refractivity contribution in [3.8, 4) is 5.75 Å². The van der Waals surface area contributed by atoms with Gasteiger partial charge in [0.2, 0.25) is 5.91 Å². The molecule has 1 aromatic heterocycles. The first-order valence-electron chi connectivity index (χ1n) is 8.90. The molecule has 1 fully saturated rings. The Labute approximate surface area is 151 Å². The highest BCUT2D eigenvalue weighted by Gasteiger charge is 2.25. The molecular weight excluding hydrogens is 340 g/mol. The number of nitrogens with zero attached hydrogens (tertiary/aromatic N) is 3. The molecule has 26 heavy (non-hydrogen) atoms. The minimum Gasteiger partial charge on any atom is -0.435 e. The summed E-state index contributed by atoms with van der Waals surface area (Å²) in [6, 6.07) is 6.57. The van der Waals surface area contributed by atoms with Crippen molar-refractivity contribution in [2.75, 3.05) is 13.1 Å². The van der Waals surface area contributed by atoms with E-state index in [2.05, 4.69) is 21.2 Å². The van der Waals surface area contributed by atoms with Crippen LogP contribution in [-0.4, -0.2) is 40.1 Å². The maximum absolute atomic E-state index is 12.7. The van der Waals surface area contributed by atoms with E-state index < -0.39 is 6.61 Å². The fourth-order valence-electron chi connectivity index (χ4n) is 3.48. The zero-order valence-corrected chi connectivity index (χ0v) is 14.8. The van der Waals surface area contributed by atoms with Gasteiger partial charge >= 0.3 is 6.61 Å². The fraction of sp³-hybridized carbons (Fsp3) is 0.474. The molecular formula is C19H23F2N3O2. The number of alkyl halides is 2. The van der Waals surface area contributed by atoms with Crippen LogP contribution in [0.2, 0.25) is 0 Å². The van der Waals surface area contributed by atoms with Crippen molar-refractivity contribution in [2.45, 2.75) is 45.3 Å². The predicted octanol–water partition coefficient (Wildman–Crippen LogP) is 3.45. The molecule has 0 aliphatic carbocycles. The zero-order chi connectivity index (χ0) is 18.5. The van der Waals surface area contributed by atoms with Gasteiger partial charge in [-0.2, -0.15) is 8.78 Å². The summed E-state index contributed by atoms with van der Waals surface area (Å²) < 4.78 is 31.2. The number of carbonyl (C=O) groups is 1. The number of benzene rings is 1. The van der Waals surface area contributed by atoms with Gasteiger partial charge < -0.3 is 14.2 Å². The second-order valence-electron chi connectivity index (χ2n) is 6.44. The molecule has 0 spiro atoms. The van der Waals surface area contributed by atoms with Crippen LogP contribution in [-0.2, 0) is 17.6 Å². The highest BCUT2D eigenvalue weighted by molar-refractivity contribution is 5.79. The molecule has 0 radical (unpaired) electrons. The zero-order valence-electron chi connectivity index (χ0n) is 14.8. The maximum atomic E-state index is 12.7. The average molecular weight is 363 g/mol. The number of ether oxygens (including phenoxy) is 1. The molecule has 0 saturated carbocycles. The third-order valence-corrected chi connectivity index (χ3v) is 4.69. The van der Waals surface area contributed by atoms with Crippen molar-refractivity contribution >= 4 is 5.91 Å². The van der Waals surface area contributed by atoms with Crippen LogP contribution in [0.3, 0.4) is 0 Å². The van der Waals surface area contributed by atoms with Crippen molar-refractivity contribution in [1.29, 1.82) is 0 Å². The molecule has 2 aromatic rings. The largest absolute Gasteiger partial charge is 0.435 e. The highest BCUT2D eigenvalue weighted by atomic mass is 19.3. The van der Waals surface area contributed by atoms with Gasteiger partial charge in [0.1, 0.15) is 11.6 Å². The molecule has 1 aromatic carbocycles. The Morgan fingerprint density at radius 3 is 3.04 bits per heavy atom. The molecule has 1 aliphatic rings. The van der Waals surface area contributed by atoms with Crippen LogP contribution in [0.15, 0.2) is 36.7 Å². The topological polar surface area (TPSA) is 47.4 Å². The Hall–Kier alpha value is -2.44. The van der Waals surface area contributed by atoms with E-state index in [4.69, 9.17) is 0 Å². The van der Waals surface area contributed by atoms with E-state index in [1.807, 2.05) is 11.1 Å². The summed E-state index contributed by atoms with van der Waals surface area (Å²) in [6.45, 7) is 0.569. The molecule has 5 nitrogen and oxygen atoms in total. The lowest BCUT2D eigenvalue weighted by Crippen LogP contribution is -2.41. The monoisotopic (exact) mass is 363 g/mol. The van der Waals surface area contributed by atoms with E-state index in [0.29, 0.717) is 12.1 Å². The smallest absolute Gasteiger partial charge is 0.387 e. The van der Waals surface area contributed by atoms with E-state index in [9.17, 15) is 13.6 Å². The first-order chi connectivity index (χ1) is 12.6. The fourth-order valence-corrected chi connectivity index (χ4v) is 3.48. The number of imidazole rings is 1. The van der Waals surface area contributed by atoms with E-state index >= 15 is 0 Å². The number of piperidine rings is 1. The molecule has 2 heterocycles. The van der Waals surface area contributed by atoms with Gasteiger partial charge in [-0.3, -0.25) is 4.79 Å². The van der Waals surface area contributed by atoms with Crippen molar-refractivity contribution in [3.63, 3.8) is 0 Å². The molecule has 1 amide bonds. The number of aromatic nitrogens is 2. The van der Waals surface area contributed by atoms with Gasteiger partial charge in [-0.05, 0) is 30.5 Å². The van der Waals surface area contributed by atoms with Crippen LogP contribution in [0.25, 0.3) is 0 Å². The summed E-state index contributed by atoms with van der Waals surface area (Å²) in [7, 11) is 0. The number of aryl methyl sites for hydroxylation is 1. The number of carbonyl (C=O) groups excluding carboxylic acids is 1. The Balaban J connectivity index is 1.64. The van der Waals surface area contributed by atoms with Gasteiger partial charge in [-0.25, -0.2) is 4.98 Å². The van der Waals surface area contributed by atoms with Crippen molar-refractivity contribution in [1.82, 2.24) is 14.5 Å². The molecule has 1 atom stereocenters. The van der Waals surface area contributed by atoms with Gasteiger partial charge in [0.05, 0.1) is 12.5 Å². The number of likely N-dealkylation sites (tertiary alicyclic amines) is 1. The van der Waals surface area contributed by atoms with Crippen LogP contribution in [0.4, 0.5) is 8.78 Å². The molecule has 3 rings (SSSR count). The van der Waals surface area contributed by atoms with Gasteiger partial charge in [0, 0.05) is 31.9 Å². The van der Waals surface area contributed by atoms with Gasteiger partial charge in [0.25, 0.3) is 0 Å². The maximum Gasteiger partial charge on any atom is 0.387 e. The van der Waals surface area contributed by atoms with Crippen LogP contribution < -0.4 is 4.74 Å². The van der Waals surface area contributed by atoms with E-state index in [-0.39, 0.29) is 24.1 Å². The number of rotatable bonds is 6. The summed E-state index contributed by atoms with van der Waals surface area (Å²) in [5.41, 5.74) is 0.673. The van der Waals surface area contributed by atoms with E-state index in [1.165, 1.54) is 12.1 Å². The standard InChI is InChI=1S/C19H23F2N3O2/c1-2-17-22-8-10-24(17)15-6-4-9-23(13-15)18(25)12-14-5-3-7-16(11-14)26-19(20)21/h3,5,7-8,10-11,15,19H,2,4,6,9,12-13H2,1H3. The molecule has 1 unspecified atom stereocenters. The lowest BCUT2D eigenvalue weighted by atomic mass is 10.0. The third kappa shape index (κ3) is 4.39. The van der Waals surface area contributed by atoms with Gasteiger partial charge in [-0.15, -0.1) is 0 Å². The summed E-state index contributed by atoms with van der Waals surface area (Å²) in [6.07, 6.45) is 6.76. The number of amides is 1. The SMILES string of the molecule is CCc1nccn1C1CCCN(C(=O)Cc2cccc(OC(F)F)c2)C1. The highest BCUT2D eigenvalue weighted by Crippen LogP contribution is 2.24. The van der Waals surface area contributed by atoms with Crippen molar-refractivity contribution in [3.05, 3.63) is 48.0 Å². The Kier molecular flexibility index (Phi) is 5.85. The normalized spacial score (nSPS) is 17.5. The molecule has 140 valence electrons. The lowest BCUT2D eigenvalue weighted by Gasteiger charge is -2.34. The van der Waals surface area contributed by atoms with E-state index in [1.54, 1.807) is 18.3 Å². The van der Waals surface area contributed by atoms with Crippen LogP contribution in [0.5, 0.6) is 5.75 Å². The molecule has 1 saturated heterocycles.